The van der Waals surface area contributed by atoms with Crippen LogP contribution in [-0.2, 0) is 30.3 Å². The highest BCUT2D eigenvalue weighted by Gasteiger charge is 2.26. The number of carbonyl (C=O) groups is 3. The predicted octanol–water partition coefficient (Wildman–Crippen LogP) is 3.14. The van der Waals surface area contributed by atoms with Crippen LogP contribution >= 0.6 is 0 Å². The highest BCUT2D eigenvalue weighted by Crippen LogP contribution is 2.19. The van der Waals surface area contributed by atoms with Crippen LogP contribution in [-0.4, -0.2) is 37.6 Å². The maximum atomic E-state index is 12.1. The Labute approximate surface area is 171 Å². The Kier molecular flexibility index (Phi) is 8.40. The number of esters is 2. The molecule has 0 saturated heterocycles. The van der Waals surface area contributed by atoms with E-state index in [1.165, 1.54) is 7.11 Å². The van der Waals surface area contributed by atoms with Gasteiger partial charge in [0, 0.05) is 0 Å². The first-order valence-corrected chi connectivity index (χ1v) is 9.61. The van der Waals surface area contributed by atoms with Gasteiger partial charge in [0.25, 0.3) is 5.91 Å². The van der Waals surface area contributed by atoms with Crippen LogP contribution in [0.3, 0.4) is 0 Å². The second kappa shape index (κ2) is 11.0. The molecule has 1 amide bonds. The van der Waals surface area contributed by atoms with E-state index in [0.717, 1.165) is 16.7 Å². The van der Waals surface area contributed by atoms with E-state index < -0.39 is 30.5 Å². The molecule has 0 spiro atoms. The Morgan fingerprint density at radius 1 is 0.966 bits per heavy atom. The average molecular weight is 397 g/mol. The smallest absolute Gasteiger partial charge is 0.328 e. The van der Waals surface area contributed by atoms with E-state index in [0.29, 0.717) is 6.42 Å². The van der Waals surface area contributed by atoms with Crippen molar-refractivity contribution < 1.29 is 23.9 Å². The fourth-order valence-electron chi connectivity index (χ4n) is 2.82. The number of nitrogens with one attached hydrogen (secondary N) is 1. The van der Waals surface area contributed by atoms with Gasteiger partial charge < -0.3 is 14.8 Å². The molecule has 2 aromatic rings. The zero-order chi connectivity index (χ0) is 21.2. The highest BCUT2D eigenvalue weighted by atomic mass is 16.5. The van der Waals surface area contributed by atoms with Gasteiger partial charge in [-0.15, -0.1) is 0 Å². The molecule has 0 radical (unpaired) electrons. The highest BCUT2D eigenvalue weighted by molar-refractivity contribution is 5.86. The second-order valence-electron chi connectivity index (χ2n) is 6.85. The first kappa shape index (κ1) is 22.1. The number of rotatable bonds is 9. The molecular weight excluding hydrogens is 370 g/mol. The van der Waals surface area contributed by atoms with Crippen molar-refractivity contribution in [3.63, 3.8) is 0 Å². The molecule has 2 rings (SSSR count). The van der Waals surface area contributed by atoms with Crippen molar-refractivity contribution in [2.75, 3.05) is 13.7 Å². The molecule has 0 unspecified atom stereocenters. The molecular formula is C23H27NO5. The Balaban J connectivity index is 1.84. The lowest BCUT2D eigenvalue weighted by atomic mass is 9.99. The summed E-state index contributed by atoms with van der Waals surface area (Å²) in [5, 5.41) is 2.57. The largest absolute Gasteiger partial charge is 0.467 e. The lowest BCUT2D eigenvalue weighted by Gasteiger charge is -2.21. The van der Waals surface area contributed by atoms with Crippen LogP contribution in [0.15, 0.2) is 54.6 Å². The van der Waals surface area contributed by atoms with Crippen LogP contribution < -0.4 is 5.32 Å². The Bertz CT molecular complexity index is 817. The number of hydrogen-bond donors (Lipinski definition) is 1. The van der Waals surface area contributed by atoms with Crippen molar-refractivity contribution in [2.45, 2.75) is 32.7 Å². The summed E-state index contributed by atoms with van der Waals surface area (Å²) in [6.45, 7) is 3.31. The predicted molar refractivity (Wildman–Crippen MR) is 110 cm³/mol. The van der Waals surface area contributed by atoms with Crippen LogP contribution in [0.5, 0.6) is 0 Å². The third-order valence-corrected chi connectivity index (χ3v) is 4.76. The molecule has 0 bridgehead atoms. The zero-order valence-corrected chi connectivity index (χ0v) is 17.0. The lowest BCUT2D eigenvalue weighted by Crippen LogP contribution is -2.47. The molecule has 29 heavy (non-hydrogen) atoms. The van der Waals surface area contributed by atoms with E-state index in [1.54, 1.807) is 0 Å². The molecule has 0 aliphatic carbocycles. The molecule has 0 aliphatic heterocycles. The summed E-state index contributed by atoms with van der Waals surface area (Å²) in [6.07, 6.45) is 0.757. The van der Waals surface area contributed by atoms with Crippen LogP contribution in [0.25, 0.3) is 11.1 Å². The summed E-state index contributed by atoms with van der Waals surface area (Å²) in [5.74, 6) is -1.65. The average Bonchev–Trinajstić information content (AvgIpc) is 2.76. The minimum Gasteiger partial charge on any atom is -0.467 e. The summed E-state index contributed by atoms with van der Waals surface area (Å²) in [4.78, 5) is 35.9. The summed E-state index contributed by atoms with van der Waals surface area (Å²) in [6, 6.07) is 16.8. The van der Waals surface area contributed by atoms with Crippen LogP contribution in [0.2, 0.25) is 0 Å². The molecule has 0 aliphatic rings. The van der Waals surface area contributed by atoms with Crippen molar-refractivity contribution in [1.82, 2.24) is 5.32 Å². The molecule has 1 N–H and O–H groups in total. The van der Waals surface area contributed by atoms with Gasteiger partial charge in [-0.1, -0.05) is 74.9 Å². The Hall–Kier alpha value is -3.15. The van der Waals surface area contributed by atoms with E-state index in [4.69, 9.17) is 9.47 Å². The third kappa shape index (κ3) is 6.75. The molecule has 0 fully saturated rings. The van der Waals surface area contributed by atoms with E-state index >= 15 is 0 Å². The minimum absolute atomic E-state index is 0.0636. The third-order valence-electron chi connectivity index (χ3n) is 4.76. The molecule has 0 saturated carbocycles. The van der Waals surface area contributed by atoms with Gasteiger partial charge in [-0.2, -0.15) is 0 Å². The van der Waals surface area contributed by atoms with Gasteiger partial charge in [-0.3, -0.25) is 9.59 Å². The van der Waals surface area contributed by atoms with E-state index in [2.05, 4.69) is 5.32 Å². The number of ether oxygens (including phenoxy) is 2. The van der Waals surface area contributed by atoms with Crippen molar-refractivity contribution in [2.24, 2.45) is 5.92 Å². The maximum absolute atomic E-state index is 12.1. The summed E-state index contributed by atoms with van der Waals surface area (Å²) in [7, 11) is 1.27. The quantitative estimate of drug-likeness (QED) is 0.658. The Morgan fingerprint density at radius 2 is 1.59 bits per heavy atom. The van der Waals surface area contributed by atoms with Crippen LogP contribution in [0.1, 0.15) is 25.8 Å². The molecule has 6 nitrogen and oxygen atoms in total. The van der Waals surface area contributed by atoms with Crippen molar-refractivity contribution >= 4 is 17.8 Å². The number of carbonyl (C=O) groups excluding carboxylic acids is 3. The van der Waals surface area contributed by atoms with Crippen molar-refractivity contribution in [3.05, 3.63) is 60.2 Å². The van der Waals surface area contributed by atoms with E-state index in [-0.39, 0.29) is 12.3 Å². The SMILES string of the molecule is CC[C@H](C)[C@@H](NC(=O)COC(=O)Cc1ccc(-c2ccccc2)cc1)C(=O)OC. The number of benzene rings is 2. The maximum Gasteiger partial charge on any atom is 0.328 e. The van der Waals surface area contributed by atoms with Gasteiger partial charge >= 0.3 is 11.9 Å². The molecule has 6 heteroatoms. The van der Waals surface area contributed by atoms with Gasteiger partial charge in [-0.05, 0) is 22.6 Å². The fraction of sp³-hybridized carbons (Fsp3) is 0.348. The first-order valence-electron chi connectivity index (χ1n) is 9.61. The normalized spacial score (nSPS) is 12.5. The zero-order valence-electron chi connectivity index (χ0n) is 17.0. The van der Waals surface area contributed by atoms with Crippen molar-refractivity contribution in [1.29, 1.82) is 0 Å². The van der Waals surface area contributed by atoms with E-state index in [9.17, 15) is 14.4 Å². The lowest BCUT2D eigenvalue weighted by molar-refractivity contribution is -0.150. The number of methoxy groups -OCH3 is 1. The van der Waals surface area contributed by atoms with Gasteiger partial charge in [0.1, 0.15) is 6.04 Å². The van der Waals surface area contributed by atoms with Gasteiger partial charge in [-0.25, -0.2) is 4.79 Å². The van der Waals surface area contributed by atoms with E-state index in [1.807, 2.05) is 68.4 Å². The molecule has 0 aromatic heterocycles. The Morgan fingerprint density at radius 3 is 2.17 bits per heavy atom. The standard InChI is InChI=1S/C23H27NO5/c1-4-16(2)22(23(27)28-3)24-20(25)15-29-21(26)14-17-10-12-19(13-11-17)18-8-6-5-7-9-18/h5-13,16,22H,4,14-15H2,1-3H3,(H,24,25)/t16-,22+/m0/s1. The topological polar surface area (TPSA) is 81.7 Å². The molecule has 0 heterocycles. The van der Waals surface area contributed by atoms with Gasteiger partial charge in [0.2, 0.25) is 0 Å². The van der Waals surface area contributed by atoms with Crippen LogP contribution in [0, 0.1) is 5.92 Å². The van der Waals surface area contributed by atoms with Crippen LogP contribution in [0.4, 0.5) is 0 Å². The van der Waals surface area contributed by atoms with Crippen molar-refractivity contribution in [3.8, 4) is 11.1 Å². The molecule has 154 valence electrons. The monoisotopic (exact) mass is 397 g/mol. The molecule has 2 atom stereocenters. The summed E-state index contributed by atoms with van der Waals surface area (Å²) < 4.78 is 9.77. The van der Waals surface area contributed by atoms with Gasteiger partial charge in [0.05, 0.1) is 13.5 Å². The fourth-order valence-corrected chi connectivity index (χ4v) is 2.82. The number of amides is 1. The minimum atomic E-state index is -0.762. The number of hydrogen-bond acceptors (Lipinski definition) is 5. The summed E-state index contributed by atoms with van der Waals surface area (Å²) >= 11 is 0. The summed E-state index contributed by atoms with van der Waals surface area (Å²) in [5.41, 5.74) is 2.95. The van der Waals surface area contributed by atoms with Gasteiger partial charge in [0.15, 0.2) is 6.61 Å². The second-order valence-corrected chi connectivity index (χ2v) is 6.85. The molecule has 2 aromatic carbocycles. The first-order chi connectivity index (χ1) is 13.9.